The van der Waals surface area contributed by atoms with Gasteiger partial charge in [-0.15, -0.1) is 0 Å². The molecule has 1 aromatic rings. The minimum absolute atomic E-state index is 0.0924. The zero-order chi connectivity index (χ0) is 14.6. The van der Waals surface area contributed by atoms with Crippen molar-refractivity contribution in [3.63, 3.8) is 0 Å². The van der Waals surface area contributed by atoms with Gasteiger partial charge in [0.2, 0.25) is 0 Å². The molecule has 0 bridgehead atoms. The Morgan fingerprint density at radius 1 is 1.11 bits per heavy atom. The largest absolute Gasteiger partial charge is 0.312 e. The fraction of sp³-hybridized carbons (Fsp3) is 0.625. The molecular weight excluding hydrogens is 244 g/mol. The second-order valence-corrected chi connectivity index (χ2v) is 6.53. The van der Waals surface area contributed by atoms with E-state index in [4.69, 9.17) is 0 Å². The molecule has 0 saturated carbocycles. The van der Waals surface area contributed by atoms with Crippen LogP contribution in [0.3, 0.4) is 0 Å². The normalized spacial score (nSPS) is 15.3. The monoisotopic (exact) mass is 269 g/mol. The van der Waals surface area contributed by atoms with Crippen molar-refractivity contribution in [3.05, 3.63) is 35.4 Å². The van der Waals surface area contributed by atoms with E-state index in [9.17, 15) is 8.78 Å². The summed E-state index contributed by atoms with van der Waals surface area (Å²) in [6.07, 6.45) is 0.638. The summed E-state index contributed by atoms with van der Waals surface area (Å²) in [7, 11) is 0. The van der Waals surface area contributed by atoms with E-state index in [1.54, 1.807) is 6.07 Å². The van der Waals surface area contributed by atoms with Crippen LogP contribution in [0, 0.1) is 23.5 Å². The van der Waals surface area contributed by atoms with Crippen LogP contribution in [0.1, 0.15) is 40.2 Å². The van der Waals surface area contributed by atoms with Crippen LogP contribution in [0.5, 0.6) is 0 Å². The maximum Gasteiger partial charge on any atom is 0.129 e. The average molecular weight is 269 g/mol. The Morgan fingerprint density at radius 3 is 2.26 bits per heavy atom. The van der Waals surface area contributed by atoms with E-state index in [0.717, 1.165) is 12.6 Å². The molecule has 1 N–H and O–H groups in total. The fourth-order valence-corrected chi connectivity index (χ4v) is 1.90. The minimum Gasteiger partial charge on any atom is -0.312 e. The van der Waals surface area contributed by atoms with Crippen molar-refractivity contribution < 1.29 is 8.78 Å². The van der Waals surface area contributed by atoms with Gasteiger partial charge in [0.1, 0.15) is 11.6 Å². The van der Waals surface area contributed by atoms with Crippen LogP contribution < -0.4 is 5.32 Å². The van der Waals surface area contributed by atoms with Crippen molar-refractivity contribution in [2.45, 2.75) is 46.6 Å². The summed E-state index contributed by atoms with van der Waals surface area (Å²) < 4.78 is 26.4. The summed E-state index contributed by atoms with van der Waals surface area (Å²) in [5.41, 5.74) is 0.686. The van der Waals surface area contributed by atoms with Crippen LogP contribution >= 0.6 is 0 Å². The van der Waals surface area contributed by atoms with E-state index in [-0.39, 0.29) is 5.54 Å². The average Bonchev–Trinajstić information content (AvgIpc) is 2.28. The summed E-state index contributed by atoms with van der Waals surface area (Å²) in [5, 5.41) is 3.46. The lowest BCUT2D eigenvalue weighted by Gasteiger charge is -2.26. The smallest absolute Gasteiger partial charge is 0.129 e. The van der Waals surface area contributed by atoms with Gasteiger partial charge < -0.3 is 5.32 Å². The molecule has 0 heterocycles. The number of benzene rings is 1. The first-order valence-electron chi connectivity index (χ1n) is 6.88. The van der Waals surface area contributed by atoms with Gasteiger partial charge in [0.15, 0.2) is 0 Å². The lowest BCUT2D eigenvalue weighted by Crippen LogP contribution is -2.40. The SMILES string of the molecule is CC(CNC(C)(C)C)C(C)Cc1ccc(F)cc1F. The van der Waals surface area contributed by atoms with Crippen LogP contribution in [0.15, 0.2) is 18.2 Å². The Labute approximate surface area is 115 Å². The first-order chi connectivity index (χ1) is 8.69. The van der Waals surface area contributed by atoms with Crippen LogP contribution in [0.4, 0.5) is 8.78 Å². The molecule has 2 unspecified atom stereocenters. The molecule has 0 saturated heterocycles. The Balaban J connectivity index is 2.56. The molecular formula is C16H25F2N. The molecule has 1 rings (SSSR count). The summed E-state index contributed by atoms with van der Waals surface area (Å²) >= 11 is 0. The lowest BCUT2D eigenvalue weighted by molar-refractivity contribution is 0.315. The molecule has 1 aromatic carbocycles. The molecule has 0 radical (unpaired) electrons. The van der Waals surface area contributed by atoms with Crippen LogP contribution in [-0.2, 0) is 6.42 Å². The molecule has 0 aliphatic carbocycles. The molecule has 19 heavy (non-hydrogen) atoms. The van der Waals surface area contributed by atoms with Crippen molar-refractivity contribution in [1.82, 2.24) is 5.32 Å². The van der Waals surface area contributed by atoms with Gasteiger partial charge in [-0.1, -0.05) is 19.9 Å². The summed E-state index contributed by atoms with van der Waals surface area (Å²) in [4.78, 5) is 0. The molecule has 0 amide bonds. The maximum absolute atomic E-state index is 13.6. The number of rotatable bonds is 5. The van der Waals surface area contributed by atoms with Crippen molar-refractivity contribution >= 4 is 0 Å². The second kappa shape index (κ2) is 6.47. The van der Waals surface area contributed by atoms with Crippen LogP contribution in [0.25, 0.3) is 0 Å². The van der Waals surface area contributed by atoms with Gasteiger partial charge in [-0.2, -0.15) is 0 Å². The molecule has 108 valence electrons. The highest BCUT2D eigenvalue weighted by Gasteiger charge is 2.17. The van der Waals surface area contributed by atoms with Crippen LogP contribution in [0.2, 0.25) is 0 Å². The third kappa shape index (κ3) is 5.68. The first-order valence-corrected chi connectivity index (χ1v) is 6.88. The van der Waals surface area contributed by atoms with E-state index in [1.807, 2.05) is 0 Å². The Morgan fingerprint density at radius 2 is 1.74 bits per heavy atom. The van der Waals surface area contributed by atoms with Gasteiger partial charge in [-0.3, -0.25) is 0 Å². The Hall–Kier alpha value is -0.960. The van der Waals surface area contributed by atoms with Crippen molar-refractivity contribution in [3.8, 4) is 0 Å². The third-order valence-corrected chi connectivity index (χ3v) is 3.48. The van der Waals surface area contributed by atoms with E-state index < -0.39 is 11.6 Å². The summed E-state index contributed by atoms with van der Waals surface area (Å²) in [6, 6.07) is 3.83. The number of hydrogen-bond donors (Lipinski definition) is 1. The van der Waals surface area contributed by atoms with Gasteiger partial charge in [0.05, 0.1) is 0 Å². The lowest BCUT2D eigenvalue weighted by atomic mass is 9.89. The minimum atomic E-state index is -0.517. The third-order valence-electron chi connectivity index (χ3n) is 3.48. The predicted molar refractivity (Wildman–Crippen MR) is 76.1 cm³/mol. The summed E-state index contributed by atoms with van der Waals surface area (Å²) in [5.74, 6) is -0.183. The quantitative estimate of drug-likeness (QED) is 0.846. The summed E-state index contributed by atoms with van der Waals surface area (Å²) in [6.45, 7) is 11.5. The number of halogens is 2. The molecule has 0 aliphatic heterocycles. The van der Waals surface area contributed by atoms with E-state index >= 15 is 0 Å². The molecule has 0 spiro atoms. The zero-order valence-corrected chi connectivity index (χ0v) is 12.6. The highest BCUT2D eigenvalue weighted by molar-refractivity contribution is 5.19. The highest BCUT2D eigenvalue weighted by Crippen LogP contribution is 2.20. The molecule has 0 aromatic heterocycles. The Kier molecular flexibility index (Phi) is 5.48. The highest BCUT2D eigenvalue weighted by atomic mass is 19.1. The van der Waals surface area contributed by atoms with E-state index in [2.05, 4.69) is 39.9 Å². The van der Waals surface area contributed by atoms with E-state index in [0.29, 0.717) is 23.8 Å². The molecule has 0 aliphatic rings. The predicted octanol–water partition coefficient (Wildman–Crippen LogP) is 4.17. The van der Waals surface area contributed by atoms with Crippen LogP contribution in [-0.4, -0.2) is 12.1 Å². The van der Waals surface area contributed by atoms with Gasteiger partial charge in [0, 0.05) is 11.6 Å². The second-order valence-electron chi connectivity index (χ2n) is 6.53. The zero-order valence-electron chi connectivity index (χ0n) is 12.6. The maximum atomic E-state index is 13.6. The topological polar surface area (TPSA) is 12.0 Å². The van der Waals surface area contributed by atoms with Gasteiger partial charge in [0.25, 0.3) is 0 Å². The molecule has 0 fully saturated rings. The Bertz CT molecular complexity index is 410. The molecule has 3 heteroatoms. The first kappa shape index (κ1) is 16.1. The molecule has 1 nitrogen and oxygen atoms in total. The standard InChI is InChI=1S/C16H25F2N/c1-11(12(2)10-19-16(3,4)5)8-13-6-7-14(17)9-15(13)18/h6-7,9,11-12,19H,8,10H2,1-5H3. The van der Waals surface area contributed by atoms with Crippen molar-refractivity contribution in [2.24, 2.45) is 11.8 Å². The van der Waals surface area contributed by atoms with Crippen molar-refractivity contribution in [2.75, 3.05) is 6.54 Å². The van der Waals surface area contributed by atoms with E-state index in [1.165, 1.54) is 6.07 Å². The number of nitrogens with one attached hydrogen (secondary N) is 1. The van der Waals surface area contributed by atoms with Crippen molar-refractivity contribution in [1.29, 1.82) is 0 Å². The van der Waals surface area contributed by atoms with Gasteiger partial charge in [-0.25, -0.2) is 8.78 Å². The fourth-order valence-electron chi connectivity index (χ4n) is 1.90. The van der Waals surface area contributed by atoms with Gasteiger partial charge in [-0.05, 0) is 57.2 Å². The molecule has 2 atom stereocenters. The van der Waals surface area contributed by atoms with Gasteiger partial charge >= 0.3 is 0 Å². The number of hydrogen-bond acceptors (Lipinski definition) is 1.